The SMILES string of the molecule is O=[N+]([O-])c1cc(S(=O)(=O)NC2CCCC2)c(F)cc1F. The molecule has 1 N–H and O–H groups in total. The van der Waals surface area contributed by atoms with Gasteiger partial charge in [-0.1, -0.05) is 12.8 Å². The van der Waals surface area contributed by atoms with E-state index in [2.05, 4.69) is 4.72 Å². The fraction of sp³-hybridized carbons (Fsp3) is 0.455. The average Bonchev–Trinajstić information content (AvgIpc) is 2.79. The number of rotatable bonds is 4. The van der Waals surface area contributed by atoms with Gasteiger partial charge < -0.3 is 0 Å². The number of nitro benzene ring substituents is 1. The van der Waals surface area contributed by atoms with Crippen LogP contribution in [0.5, 0.6) is 0 Å². The third-order valence-electron chi connectivity index (χ3n) is 3.16. The smallest absolute Gasteiger partial charge is 0.258 e. The highest BCUT2D eigenvalue weighted by molar-refractivity contribution is 7.89. The zero-order valence-electron chi connectivity index (χ0n) is 10.3. The molecule has 0 amide bonds. The van der Waals surface area contributed by atoms with Gasteiger partial charge in [0.2, 0.25) is 15.8 Å². The van der Waals surface area contributed by atoms with Crippen molar-refractivity contribution in [2.24, 2.45) is 0 Å². The Kier molecular flexibility index (Phi) is 4.00. The summed E-state index contributed by atoms with van der Waals surface area (Å²) < 4.78 is 53.0. The maximum atomic E-state index is 13.6. The molecule has 1 aliphatic carbocycles. The first-order valence-electron chi connectivity index (χ1n) is 5.97. The van der Waals surface area contributed by atoms with Gasteiger partial charge in [0.15, 0.2) is 0 Å². The quantitative estimate of drug-likeness (QED) is 0.681. The van der Waals surface area contributed by atoms with E-state index in [0.717, 1.165) is 12.8 Å². The number of halogens is 2. The third kappa shape index (κ3) is 2.93. The summed E-state index contributed by atoms with van der Waals surface area (Å²) in [5.74, 6) is -2.76. The van der Waals surface area contributed by atoms with Crippen molar-refractivity contribution in [1.29, 1.82) is 0 Å². The van der Waals surface area contributed by atoms with Crippen LogP contribution in [0, 0.1) is 21.7 Å². The number of nitrogens with one attached hydrogen (secondary N) is 1. The van der Waals surface area contributed by atoms with Gasteiger partial charge in [0.25, 0.3) is 0 Å². The van der Waals surface area contributed by atoms with Crippen LogP contribution in [0.4, 0.5) is 14.5 Å². The van der Waals surface area contributed by atoms with Crippen molar-refractivity contribution in [1.82, 2.24) is 4.72 Å². The molecule has 1 aromatic rings. The predicted molar refractivity (Wildman–Crippen MR) is 65.6 cm³/mol. The van der Waals surface area contributed by atoms with Gasteiger partial charge >= 0.3 is 5.69 Å². The number of nitrogens with zero attached hydrogens (tertiary/aromatic N) is 1. The lowest BCUT2D eigenvalue weighted by Gasteiger charge is -2.13. The largest absolute Gasteiger partial charge is 0.306 e. The molecule has 0 spiro atoms. The molecule has 0 saturated heterocycles. The Balaban J connectivity index is 2.40. The number of sulfonamides is 1. The van der Waals surface area contributed by atoms with E-state index in [4.69, 9.17) is 0 Å². The van der Waals surface area contributed by atoms with Crippen molar-refractivity contribution in [3.05, 3.63) is 33.9 Å². The van der Waals surface area contributed by atoms with Crippen LogP contribution in [0.15, 0.2) is 17.0 Å². The first-order chi connectivity index (χ1) is 9.31. The van der Waals surface area contributed by atoms with E-state index < -0.39 is 37.2 Å². The lowest BCUT2D eigenvalue weighted by Crippen LogP contribution is -2.33. The summed E-state index contributed by atoms with van der Waals surface area (Å²) in [7, 11) is -4.24. The van der Waals surface area contributed by atoms with Gasteiger partial charge in [-0.05, 0) is 12.8 Å². The van der Waals surface area contributed by atoms with Gasteiger partial charge in [0.05, 0.1) is 4.92 Å². The highest BCUT2D eigenvalue weighted by Gasteiger charge is 2.29. The predicted octanol–water partition coefficient (Wildman–Crippen LogP) is 2.09. The summed E-state index contributed by atoms with van der Waals surface area (Å²) in [5.41, 5.74) is -1.07. The zero-order valence-corrected chi connectivity index (χ0v) is 11.1. The molecule has 0 atom stereocenters. The minimum Gasteiger partial charge on any atom is -0.258 e. The molecule has 9 heteroatoms. The van der Waals surface area contributed by atoms with Crippen molar-refractivity contribution in [2.75, 3.05) is 0 Å². The molecule has 2 rings (SSSR count). The summed E-state index contributed by atoms with van der Waals surface area (Å²) in [6.07, 6.45) is 2.98. The summed E-state index contributed by atoms with van der Waals surface area (Å²) in [4.78, 5) is 8.59. The van der Waals surface area contributed by atoms with Crippen LogP contribution in [0.1, 0.15) is 25.7 Å². The zero-order chi connectivity index (χ0) is 14.9. The number of nitro groups is 1. The van der Waals surface area contributed by atoms with Crippen LogP contribution in [-0.4, -0.2) is 19.4 Å². The molecule has 0 radical (unpaired) electrons. The Morgan fingerprint density at radius 3 is 2.35 bits per heavy atom. The van der Waals surface area contributed by atoms with E-state index in [1.807, 2.05) is 0 Å². The minimum atomic E-state index is -4.24. The van der Waals surface area contributed by atoms with Crippen LogP contribution in [0.2, 0.25) is 0 Å². The fourth-order valence-electron chi connectivity index (χ4n) is 2.19. The number of hydrogen-bond donors (Lipinski definition) is 1. The first kappa shape index (κ1) is 14.8. The second kappa shape index (κ2) is 5.41. The molecule has 1 saturated carbocycles. The Hall–Kier alpha value is -1.61. The number of benzene rings is 1. The highest BCUT2D eigenvalue weighted by Crippen LogP contribution is 2.26. The fourth-order valence-corrected chi connectivity index (χ4v) is 3.57. The van der Waals surface area contributed by atoms with E-state index in [1.165, 1.54) is 0 Å². The Labute approximate surface area is 114 Å². The van der Waals surface area contributed by atoms with E-state index in [0.29, 0.717) is 18.9 Å². The van der Waals surface area contributed by atoms with Crippen LogP contribution in [0.25, 0.3) is 0 Å². The standard InChI is InChI=1S/C11H12F2N2O4S/c12-8-5-9(13)11(6-10(8)15(16)17)20(18,19)14-7-3-1-2-4-7/h5-7,14H,1-4H2. The van der Waals surface area contributed by atoms with Gasteiger partial charge in [0, 0.05) is 18.2 Å². The van der Waals surface area contributed by atoms with Crippen LogP contribution < -0.4 is 4.72 Å². The summed E-state index contributed by atoms with van der Waals surface area (Å²) in [5, 5.41) is 10.6. The third-order valence-corrected chi connectivity index (χ3v) is 4.70. The van der Waals surface area contributed by atoms with Crippen molar-refractivity contribution < 1.29 is 22.1 Å². The maximum absolute atomic E-state index is 13.6. The molecule has 0 bridgehead atoms. The van der Waals surface area contributed by atoms with Gasteiger partial charge in [0.1, 0.15) is 10.7 Å². The lowest BCUT2D eigenvalue weighted by molar-refractivity contribution is -0.387. The maximum Gasteiger partial charge on any atom is 0.306 e. The molecular formula is C11H12F2N2O4S. The molecule has 1 aliphatic rings. The first-order valence-corrected chi connectivity index (χ1v) is 7.45. The Bertz CT molecular complexity index is 642. The molecule has 1 fully saturated rings. The van der Waals surface area contributed by atoms with Gasteiger partial charge in [-0.25, -0.2) is 17.5 Å². The molecule has 0 heterocycles. The molecule has 0 aromatic heterocycles. The van der Waals surface area contributed by atoms with Gasteiger partial charge in [-0.2, -0.15) is 4.39 Å². The second-order valence-electron chi connectivity index (χ2n) is 4.59. The van der Waals surface area contributed by atoms with Crippen molar-refractivity contribution in [3.8, 4) is 0 Å². The monoisotopic (exact) mass is 306 g/mol. The van der Waals surface area contributed by atoms with Crippen molar-refractivity contribution in [2.45, 2.75) is 36.6 Å². The molecule has 20 heavy (non-hydrogen) atoms. The topological polar surface area (TPSA) is 89.3 Å². The minimum absolute atomic E-state index is 0.210. The van der Waals surface area contributed by atoms with E-state index in [1.54, 1.807) is 0 Å². The molecule has 1 aromatic carbocycles. The van der Waals surface area contributed by atoms with Crippen LogP contribution in [-0.2, 0) is 10.0 Å². The highest BCUT2D eigenvalue weighted by atomic mass is 32.2. The van der Waals surface area contributed by atoms with Gasteiger partial charge in [-0.15, -0.1) is 0 Å². The molecule has 0 aliphatic heterocycles. The Morgan fingerprint density at radius 1 is 1.20 bits per heavy atom. The van der Waals surface area contributed by atoms with Crippen molar-refractivity contribution >= 4 is 15.7 Å². The van der Waals surface area contributed by atoms with Crippen LogP contribution >= 0.6 is 0 Å². The lowest BCUT2D eigenvalue weighted by atomic mass is 10.3. The van der Waals surface area contributed by atoms with E-state index >= 15 is 0 Å². The summed E-state index contributed by atoms with van der Waals surface area (Å²) >= 11 is 0. The average molecular weight is 306 g/mol. The summed E-state index contributed by atoms with van der Waals surface area (Å²) in [6, 6.07) is 0.298. The second-order valence-corrected chi connectivity index (χ2v) is 6.28. The van der Waals surface area contributed by atoms with E-state index in [-0.39, 0.29) is 12.1 Å². The molecule has 0 unspecified atom stereocenters. The molecule has 6 nitrogen and oxygen atoms in total. The van der Waals surface area contributed by atoms with E-state index in [9.17, 15) is 27.3 Å². The molecule has 110 valence electrons. The van der Waals surface area contributed by atoms with Crippen molar-refractivity contribution in [3.63, 3.8) is 0 Å². The normalized spacial score (nSPS) is 16.5. The molecular weight excluding hydrogens is 294 g/mol. The Morgan fingerprint density at radius 2 is 1.80 bits per heavy atom. The van der Waals surface area contributed by atoms with Gasteiger partial charge in [-0.3, -0.25) is 10.1 Å². The number of hydrogen-bond acceptors (Lipinski definition) is 4. The summed E-state index contributed by atoms with van der Waals surface area (Å²) in [6.45, 7) is 0. The van der Waals surface area contributed by atoms with Crippen LogP contribution in [0.3, 0.4) is 0 Å².